The molecule has 0 aliphatic heterocycles. The van der Waals surface area contributed by atoms with Crippen LogP contribution < -0.4 is 5.32 Å². The van der Waals surface area contributed by atoms with Crippen molar-refractivity contribution in [3.05, 3.63) is 0 Å². The monoisotopic (exact) mass is 219 g/mol. The van der Waals surface area contributed by atoms with Crippen LogP contribution in [0.5, 0.6) is 0 Å². The van der Waals surface area contributed by atoms with Gasteiger partial charge in [-0.15, -0.1) is 0 Å². The lowest BCUT2D eigenvalue weighted by Gasteiger charge is -2.23. The van der Waals surface area contributed by atoms with E-state index < -0.39 is 5.60 Å². The fourth-order valence-electron chi connectivity index (χ4n) is 0.982. The van der Waals surface area contributed by atoms with Crippen LogP contribution in [0.15, 0.2) is 0 Å². The number of amides is 1. The average Bonchev–Trinajstić information content (AvgIpc) is 2.21. The molecule has 0 aromatic heterocycles. The van der Waals surface area contributed by atoms with E-state index >= 15 is 0 Å². The number of hydrogen-bond acceptors (Lipinski definition) is 4. The zero-order valence-corrected chi connectivity index (χ0v) is 9.71. The number of nitrogens with one attached hydrogen (secondary N) is 1. The van der Waals surface area contributed by atoms with Gasteiger partial charge >= 0.3 is 0 Å². The van der Waals surface area contributed by atoms with Crippen molar-refractivity contribution in [2.24, 2.45) is 0 Å². The van der Waals surface area contributed by atoms with Crippen molar-refractivity contribution in [1.82, 2.24) is 5.32 Å². The highest BCUT2D eigenvalue weighted by molar-refractivity contribution is 5.76. The minimum Gasteiger partial charge on any atom is -0.388 e. The summed E-state index contributed by atoms with van der Waals surface area (Å²) in [6.45, 7) is 2.77. The Morgan fingerprint density at radius 2 is 1.93 bits per heavy atom. The van der Waals surface area contributed by atoms with Gasteiger partial charge in [0.05, 0.1) is 12.2 Å². The lowest BCUT2D eigenvalue weighted by Crippen LogP contribution is -2.41. The normalized spacial score (nSPS) is 14.7. The SMILES string of the molecule is COCCC(=O)NCC(C)(O)CCOC. The fraction of sp³-hybridized carbons (Fsp3) is 0.900. The first-order valence-corrected chi connectivity index (χ1v) is 4.99. The van der Waals surface area contributed by atoms with Gasteiger partial charge < -0.3 is 19.9 Å². The van der Waals surface area contributed by atoms with Crippen molar-refractivity contribution in [2.75, 3.05) is 34.0 Å². The topological polar surface area (TPSA) is 67.8 Å². The predicted molar refractivity (Wildman–Crippen MR) is 56.6 cm³/mol. The van der Waals surface area contributed by atoms with Gasteiger partial charge in [-0.1, -0.05) is 0 Å². The number of aliphatic hydroxyl groups is 1. The van der Waals surface area contributed by atoms with Crippen LogP contribution in [0.3, 0.4) is 0 Å². The van der Waals surface area contributed by atoms with E-state index in [1.165, 1.54) is 0 Å². The van der Waals surface area contributed by atoms with Crippen LogP contribution in [-0.4, -0.2) is 50.6 Å². The zero-order chi connectivity index (χ0) is 11.7. The number of ether oxygens (including phenoxy) is 2. The summed E-state index contributed by atoms with van der Waals surface area (Å²) < 4.78 is 9.62. The van der Waals surface area contributed by atoms with Crippen LogP contribution in [-0.2, 0) is 14.3 Å². The first kappa shape index (κ1) is 14.3. The first-order chi connectivity index (χ1) is 7.02. The summed E-state index contributed by atoms with van der Waals surface area (Å²) >= 11 is 0. The van der Waals surface area contributed by atoms with Gasteiger partial charge in [0.25, 0.3) is 0 Å². The van der Waals surface area contributed by atoms with E-state index in [2.05, 4.69) is 5.32 Å². The Hall–Kier alpha value is -0.650. The van der Waals surface area contributed by atoms with E-state index in [1.54, 1.807) is 21.1 Å². The van der Waals surface area contributed by atoms with Crippen LogP contribution >= 0.6 is 0 Å². The van der Waals surface area contributed by atoms with Gasteiger partial charge in [-0.2, -0.15) is 0 Å². The van der Waals surface area contributed by atoms with Gasteiger partial charge in [-0.25, -0.2) is 0 Å². The van der Waals surface area contributed by atoms with E-state index in [4.69, 9.17) is 9.47 Å². The Bertz CT molecular complexity index is 182. The maximum atomic E-state index is 11.2. The maximum absolute atomic E-state index is 11.2. The van der Waals surface area contributed by atoms with Crippen LogP contribution in [0, 0.1) is 0 Å². The van der Waals surface area contributed by atoms with Crippen LogP contribution in [0.2, 0.25) is 0 Å². The van der Waals surface area contributed by atoms with Gasteiger partial charge in [0.1, 0.15) is 0 Å². The molecule has 0 fully saturated rings. The third kappa shape index (κ3) is 8.35. The molecule has 0 bridgehead atoms. The molecule has 5 heteroatoms. The Morgan fingerprint density at radius 1 is 1.33 bits per heavy atom. The van der Waals surface area contributed by atoms with E-state index in [0.717, 1.165) is 0 Å². The Morgan fingerprint density at radius 3 is 2.47 bits per heavy atom. The van der Waals surface area contributed by atoms with Gasteiger partial charge in [0.15, 0.2) is 0 Å². The second-order valence-electron chi connectivity index (χ2n) is 3.76. The Balaban J connectivity index is 3.67. The van der Waals surface area contributed by atoms with E-state index in [0.29, 0.717) is 26.1 Å². The molecule has 0 saturated carbocycles. The Kier molecular flexibility index (Phi) is 7.29. The van der Waals surface area contributed by atoms with E-state index in [1.807, 2.05) is 0 Å². The molecule has 5 nitrogen and oxygen atoms in total. The first-order valence-electron chi connectivity index (χ1n) is 4.99. The number of carbonyl (C=O) groups is 1. The molecule has 0 saturated heterocycles. The minimum atomic E-state index is -0.918. The Labute approximate surface area is 90.8 Å². The zero-order valence-electron chi connectivity index (χ0n) is 9.71. The summed E-state index contributed by atoms with van der Waals surface area (Å²) in [5.74, 6) is -0.116. The smallest absolute Gasteiger partial charge is 0.222 e. The molecule has 0 aliphatic rings. The van der Waals surface area contributed by atoms with Crippen LogP contribution in [0.25, 0.3) is 0 Å². The van der Waals surface area contributed by atoms with Crippen LogP contribution in [0.1, 0.15) is 19.8 Å². The molecule has 15 heavy (non-hydrogen) atoms. The lowest BCUT2D eigenvalue weighted by molar-refractivity contribution is -0.123. The predicted octanol–water partition coefficient (Wildman–Crippen LogP) is -0.0734. The standard InChI is InChI=1S/C10H21NO4/c1-10(13,5-7-15-3)8-11-9(12)4-6-14-2/h13H,4-8H2,1-3H3,(H,11,12). The third-order valence-corrected chi connectivity index (χ3v) is 2.04. The second kappa shape index (κ2) is 7.62. The largest absolute Gasteiger partial charge is 0.388 e. The number of hydrogen-bond donors (Lipinski definition) is 2. The molecular weight excluding hydrogens is 198 g/mol. The summed E-state index contributed by atoms with van der Waals surface area (Å²) in [5.41, 5.74) is -0.918. The quantitative estimate of drug-likeness (QED) is 0.599. The maximum Gasteiger partial charge on any atom is 0.222 e. The van der Waals surface area contributed by atoms with Crippen molar-refractivity contribution in [3.63, 3.8) is 0 Å². The van der Waals surface area contributed by atoms with Gasteiger partial charge in [-0.3, -0.25) is 4.79 Å². The molecule has 0 aromatic rings. The molecular formula is C10H21NO4. The number of rotatable bonds is 8. The van der Waals surface area contributed by atoms with Gasteiger partial charge in [0, 0.05) is 40.2 Å². The summed E-state index contributed by atoms with van der Waals surface area (Å²) in [6.07, 6.45) is 0.810. The molecule has 0 aromatic carbocycles. The number of methoxy groups -OCH3 is 2. The van der Waals surface area contributed by atoms with Crippen molar-refractivity contribution in [2.45, 2.75) is 25.4 Å². The molecule has 0 rings (SSSR count). The molecule has 1 amide bonds. The molecule has 1 unspecified atom stereocenters. The van der Waals surface area contributed by atoms with E-state index in [-0.39, 0.29) is 12.5 Å². The summed E-state index contributed by atoms with van der Waals surface area (Å²) in [5, 5.41) is 12.4. The summed E-state index contributed by atoms with van der Waals surface area (Å²) in [7, 11) is 3.12. The molecule has 0 radical (unpaired) electrons. The molecule has 2 N–H and O–H groups in total. The van der Waals surface area contributed by atoms with Crippen molar-refractivity contribution in [3.8, 4) is 0 Å². The lowest BCUT2D eigenvalue weighted by atomic mass is 10.0. The average molecular weight is 219 g/mol. The number of carbonyl (C=O) groups excluding carboxylic acids is 1. The minimum absolute atomic E-state index is 0.116. The molecule has 1 atom stereocenters. The fourth-order valence-corrected chi connectivity index (χ4v) is 0.982. The van der Waals surface area contributed by atoms with Crippen LogP contribution in [0.4, 0.5) is 0 Å². The summed E-state index contributed by atoms with van der Waals surface area (Å²) in [4.78, 5) is 11.2. The van der Waals surface area contributed by atoms with Crippen molar-refractivity contribution in [1.29, 1.82) is 0 Å². The molecule has 0 aliphatic carbocycles. The second-order valence-corrected chi connectivity index (χ2v) is 3.76. The van der Waals surface area contributed by atoms with Crippen molar-refractivity contribution < 1.29 is 19.4 Å². The highest BCUT2D eigenvalue weighted by Gasteiger charge is 2.20. The van der Waals surface area contributed by atoms with Crippen molar-refractivity contribution >= 4 is 5.91 Å². The third-order valence-electron chi connectivity index (χ3n) is 2.04. The molecule has 0 heterocycles. The molecule has 0 spiro atoms. The van der Waals surface area contributed by atoms with Gasteiger partial charge in [-0.05, 0) is 6.92 Å². The highest BCUT2D eigenvalue weighted by atomic mass is 16.5. The summed E-state index contributed by atoms with van der Waals surface area (Å²) in [6, 6.07) is 0. The van der Waals surface area contributed by atoms with Gasteiger partial charge in [0.2, 0.25) is 5.91 Å². The highest BCUT2D eigenvalue weighted by Crippen LogP contribution is 2.07. The molecule has 90 valence electrons. The van der Waals surface area contributed by atoms with E-state index in [9.17, 15) is 9.90 Å².